The molecule has 0 N–H and O–H groups in total. The molecule has 0 aliphatic carbocycles. The van der Waals surface area contributed by atoms with Crippen LogP contribution < -0.4 is 5.32 Å². The molecule has 53 valence electrons. The summed E-state index contributed by atoms with van der Waals surface area (Å²) in [5.41, 5.74) is 0. The fraction of sp³-hybridized carbons (Fsp3) is 1.00. The molecule has 1 saturated heterocycles. The Morgan fingerprint density at radius 1 is 1.78 bits per heavy atom. The second-order valence-electron chi connectivity index (χ2n) is 1.89. The SMILES string of the molecule is CCOC1CSCC[N]1. The van der Waals surface area contributed by atoms with Crippen LogP contribution in [0.2, 0.25) is 0 Å². The zero-order chi connectivity index (χ0) is 6.53. The minimum absolute atomic E-state index is 0.189. The molecule has 1 radical (unpaired) electrons. The van der Waals surface area contributed by atoms with Crippen LogP contribution in [-0.2, 0) is 4.74 Å². The topological polar surface area (TPSA) is 23.3 Å². The van der Waals surface area contributed by atoms with Gasteiger partial charge in [-0.15, -0.1) is 0 Å². The molecule has 0 saturated carbocycles. The van der Waals surface area contributed by atoms with Gasteiger partial charge in [0.2, 0.25) is 0 Å². The van der Waals surface area contributed by atoms with Crippen LogP contribution in [0.1, 0.15) is 6.92 Å². The normalized spacial score (nSPS) is 28.3. The monoisotopic (exact) mass is 146 g/mol. The second kappa shape index (κ2) is 4.14. The van der Waals surface area contributed by atoms with E-state index in [1.165, 1.54) is 5.75 Å². The Bertz CT molecular complexity index is 70.7. The third-order valence-electron chi connectivity index (χ3n) is 1.19. The Labute approximate surface area is 60.3 Å². The maximum atomic E-state index is 5.30. The Kier molecular flexibility index (Phi) is 3.40. The summed E-state index contributed by atoms with van der Waals surface area (Å²) in [5, 5.41) is 4.28. The average Bonchev–Trinajstić information content (AvgIpc) is 1.91. The van der Waals surface area contributed by atoms with E-state index in [-0.39, 0.29) is 6.23 Å². The van der Waals surface area contributed by atoms with Gasteiger partial charge in [0.1, 0.15) is 6.23 Å². The lowest BCUT2D eigenvalue weighted by molar-refractivity contribution is 0.0522. The number of thioether (sulfide) groups is 1. The minimum atomic E-state index is 0.189. The fourth-order valence-corrected chi connectivity index (χ4v) is 1.60. The van der Waals surface area contributed by atoms with Crippen molar-refractivity contribution in [3.05, 3.63) is 0 Å². The first-order chi connectivity index (χ1) is 4.43. The van der Waals surface area contributed by atoms with Gasteiger partial charge in [0.05, 0.1) is 0 Å². The molecule has 0 spiro atoms. The van der Waals surface area contributed by atoms with Crippen LogP contribution in [-0.4, -0.2) is 30.9 Å². The van der Waals surface area contributed by atoms with Crippen LogP contribution in [0.25, 0.3) is 0 Å². The van der Waals surface area contributed by atoms with Crippen molar-refractivity contribution >= 4 is 11.8 Å². The van der Waals surface area contributed by atoms with Gasteiger partial charge in [-0.05, 0) is 6.92 Å². The number of nitrogens with zero attached hydrogens (tertiary/aromatic N) is 1. The van der Waals surface area contributed by atoms with Crippen LogP contribution in [0.4, 0.5) is 0 Å². The van der Waals surface area contributed by atoms with Gasteiger partial charge in [0.15, 0.2) is 0 Å². The molecule has 9 heavy (non-hydrogen) atoms. The summed E-state index contributed by atoms with van der Waals surface area (Å²) in [4.78, 5) is 0. The molecule has 1 aliphatic heterocycles. The molecule has 3 heteroatoms. The van der Waals surface area contributed by atoms with E-state index in [9.17, 15) is 0 Å². The van der Waals surface area contributed by atoms with Crippen LogP contribution in [0.3, 0.4) is 0 Å². The van der Waals surface area contributed by atoms with E-state index in [1.54, 1.807) is 0 Å². The van der Waals surface area contributed by atoms with Crippen molar-refractivity contribution in [2.75, 3.05) is 24.7 Å². The van der Waals surface area contributed by atoms with Crippen molar-refractivity contribution in [2.24, 2.45) is 0 Å². The Morgan fingerprint density at radius 3 is 3.22 bits per heavy atom. The highest BCUT2D eigenvalue weighted by atomic mass is 32.2. The van der Waals surface area contributed by atoms with E-state index in [2.05, 4.69) is 5.32 Å². The highest BCUT2D eigenvalue weighted by Gasteiger charge is 2.12. The number of hydrogen-bond acceptors (Lipinski definition) is 2. The van der Waals surface area contributed by atoms with Gasteiger partial charge in [0, 0.05) is 24.7 Å². The molecule has 1 rings (SSSR count). The van der Waals surface area contributed by atoms with Crippen molar-refractivity contribution in [1.82, 2.24) is 5.32 Å². The lowest BCUT2D eigenvalue weighted by atomic mass is 10.6. The lowest BCUT2D eigenvalue weighted by Gasteiger charge is -2.20. The van der Waals surface area contributed by atoms with Gasteiger partial charge in [-0.1, -0.05) is 0 Å². The van der Waals surface area contributed by atoms with Gasteiger partial charge in [-0.25, -0.2) is 5.32 Å². The summed E-state index contributed by atoms with van der Waals surface area (Å²) >= 11 is 1.92. The smallest absolute Gasteiger partial charge is 0.132 e. The first-order valence-corrected chi connectivity index (χ1v) is 4.45. The fourth-order valence-electron chi connectivity index (χ4n) is 0.791. The van der Waals surface area contributed by atoms with Gasteiger partial charge >= 0.3 is 0 Å². The summed E-state index contributed by atoms with van der Waals surface area (Å²) in [6, 6.07) is 0. The molecule has 1 fully saturated rings. The van der Waals surface area contributed by atoms with E-state index < -0.39 is 0 Å². The van der Waals surface area contributed by atoms with Gasteiger partial charge in [-0.3, -0.25) is 0 Å². The van der Waals surface area contributed by atoms with E-state index in [4.69, 9.17) is 4.74 Å². The summed E-state index contributed by atoms with van der Waals surface area (Å²) in [5.74, 6) is 2.22. The molecule has 1 atom stereocenters. The molecule has 0 aromatic rings. The van der Waals surface area contributed by atoms with E-state index in [0.29, 0.717) is 0 Å². The molecule has 0 aromatic carbocycles. The molecular formula is C6H12NOS. The Morgan fingerprint density at radius 2 is 2.67 bits per heavy atom. The largest absolute Gasteiger partial charge is 0.361 e. The van der Waals surface area contributed by atoms with E-state index in [0.717, 1.165) is 18.9 Å². The van der Waals surface area contributed by atoms with Crippen molar-refractivity contribution < 1.29 is 4.74 Å². The number of rotatable bonds is 2. The van der Waals surface area contributed by atoms with Crippen molar-refractivity contribution in [2.45, 2.75) is 13.2 Å². The number of hydrogen-bond donors (Lipinski definition) is 0. The third kappa shape index (κ3) is 2.56. The summed E-state index contributed by atoms with van der Waals surface area (Å²) in [6.07, 6.45) is 0.189. The Balaban J connectivity index is 2.08. The molecule has 0 bridgehead atoms. The third-order valence-corrected chi connectivity index (χ3v) is 2.18. The highest BCUT2D eigenvalue weighted by molar-refractivity contribution is 7.99. The Hall–Kier alpha value is 0.270. The standard InChI is InChI=1S/C6H12NOS/c1-2-8-6-5-9-4-3-7-6/h6H,2-5H2,1H3. The first-order valence-electron chi connectivity index (χ1n) is 3.29. The van der Waals surface area contributed by atoms with E-state index >= 15 is 0 Å². The van der Waals surface area contributed by atoms with Crippen LogP contribution in [0, 0.1) is 0 Å². The van der Waals surface area contributed by atoms with Gasteiger partial charge < -0.3 is 4.74 Å². The summed E-state index contributed by atoms with van der Waals surface area (Å²) in [7, 11) is 0. The summed E-state index contributed by atoms with van der Waals surface area (Å²) in [6.45, 7) is 3.76. The van der Waals surface area contributed by atoms with Crippen molar-refractivity contribution in [3.8, 4) is 0 Å². The van der Waals surface area contributed by atoms with Gasteiger partial charge in [-0.2, -0.15) is 11.8 Å². The molecule has 2 nitrogen and oxygen atoms in total. The predicted octanol–water partition coefficient (Wildman–Crippen LogP) is 0.700. The zero-order valence-electron chi connectivity index (χ0n) is 5.67. The number of ether oxygens (including phenoxy) is 1. The van der Waals surface area contributed by atoms with Crippen LogP contribution in [0.5, 0.6) is 0 Å². The maximum absolute atomic E-state index is 5.30. The van der Waals surface area contributed by atoms with Crippen LogP contribution >= 0.6 is 11.8 Å². The lowest BCUT2D eigenvalue weighted by Crippen LogP contribution is -2.33. The molecule has 0 aromatic heterocycles. The quantitative estimate of drug-likeness (QED) is 0.572. The summed E-state index contributed by atoms with van der Waals surface area (Å²) < 4.78 is 5.30. The maximum Gasteiger partial charge on any atom is 0.132 e. The predicted molar refractivity (Wildman–Crippen MR) is 39.7 cm³/mol. The minimum Gasteiger partial charge on any atom is -0.361 e. The van der Waals surface area contributed by atoms with Crippen LogP contribution in [0.15, 0.2) is 0 Å². The van der Waals surface area contributed by atoms with Gasteiger partial charge in [0.25, 0.3) is 0 Å². The zero-order valence-corrected chi connectivity index (χ0v) is 6.49. The first kappa shape index (κ1) is 7.38. The van der Waals surface area contributed by atoms with Crippen molar-refractivity contribution in [3.63, 3.8) is 0 Å². The van der Waals surface area contributed by atoms with E-state index in [1.807, 2.05) is 18.7 Å². The molecular weight excluding hydrogens is 134 g/mol. The average molecular weight is 146 g/mol. The molecule has 1 unspecified atom stereocenters. The van der Waals surface area contributed by atoms with Crippen molar-refractivity contribution in [1.29, 1.82) is 0 Å². The molecule has 1 heterocycles. The highest BCUT2D eigenvalue weighted by Crippen LogP contribution is 2.09. The molecule has 1 aliphatic rings. The second-order valence-corrected chi connectivity index (χ2v) is 3.04. The molecule has 0 amide bonds.